The molecule has 0 aromatic heterocycles. The summed E-state index contributed by atoms with van der Waals surface area (Å²) in [6.45, 7) is 4.55. The smallest absolute Gasteiger partial charge is 0.00813 e. The molecule has 1 heteroatoms. The Hall–Kier alpha value is -0.820. The van der Waals surface area contributed by atoms with E-state index in [1.54, 1.807) is 5.56 Å². The van der Waals surface area contributed by atoms with E-state index in [4.69, 9.17) is 0 Å². The van der Waals surface area contributed by atoms with Gasteiger partial charge in [-0.25, -0.2) is 0 Å². The van der Waals surface area contributed by atoms with E-state index in [0.29, 0.717) is 0 Å². The fraction of sp³-hybridized carbons (Fsp3) is 0.647. The molecule has 2 fully saturated rings. The maximum Gasteiger partial charge on any atom is 0.00813 e. The van der Waals surface area contributed by atoms with Gasteiger partial charge >= 0.3 is 0 Å². The Labute approximate surface area is 111 Å². The van der Waals surface area contributed by atoms with E-state index in [0.717, 1.165) is 23.9 Å². The van der Waals surface area contributed by atoms with Crippen LogP contribution in [0.1, 0.15) is 56.1 Å². The first-order valence-corrected chi connectivity index (χ1v) is 7.53. The molecule has 0 bridgehead atoms. The molecule has 3 rings (SSSR count). The van der Waals surface area contributed by atoms with Crippen molar-refractivity contribution in [2.24, 2.45) is 5.92 Å². The van der Waals surface area contributed by atoms with Crippen molar-refractivity contribution in [1.82, 2.24) is 5.32 Å². The van der Waals surface area contributed by atoms with Crippen molar-refractivity contribution in [3.63, 3.8) is 0 Å². The maximum atomic E-state index is 3.86. The molecule has 0 saturated heterocycles. The summed E-state index contributed by atoms with van der Waals surface area (Å²) in [5.41, 5.74) is 2.91. The molecule has 1 aromatic rings. The molecular formula is C17H25N. The quantitative estimate of drug-likeness (QED) is 0.845. The number of nitrogens with one attached hydrogen (secondary N) is 1. The summed E-state index contributed by atoms with van der Waals surface area (Å²) in [6.07, 6.45) is 6.90. The van der Waals surface area contributed by atoms with Crippen LogP contribution in [0, 0.1) is 12.8 Å². The first-order valence-electron chi connectivity index (χ1n) is 7.53. The number of hydrogen-bond donors (Lipinski definition) is 1. The molecule has 0 amide bonds. The third-order valence-electron chi connectivity index (χ3n) is 4.85. The van der Waals surface area contributed by atoms with Crippen molar-refractivity contribution in [3.8, 4) is 0 Å². The van der Waals surface area contributed by atoms with E-state index in [1.165, 1.54) is 37.7 Å². The Balaban J connectivity index is 1.47. The first-order chi connectivity index (χ1) is 8.70. The molecular weight excluding hydrogens is 218 g/mol. The van der Waals surface area contributed by atoms with Crippen molar-refractivity contribution in [3.05, 3.63) is 35.4 Å². The highest BCUT2D eigenvalue weighted by Gasteiger charge is 2.33. The molecule has 0 spiro atoms. The van der Waals surface area contributed by atoms with Gasteiger partial charge in [0.15, 0.2) is 0 Å². The number of aryl methyl sites for hydroxylation is 1. The monoisotopic (exact) mass is 243 g/mol. The summed E-state index contributed by atoms with van der Waals surface area (Å²) >= 11 is 0. The van der Waals surface area contributed by atoms with Crippen LogP contribution in [-0.4, -0.2) is 12.1 Å². The van der Waals surface area contributed by atoms with Crippen LogP contribution in [0.15, 0.2) is 24.3 Å². The second kappa shape index (κ2) is 5.05. The molecule has 1 N–H and O–H groups in total. The summed E-state index contributed by atoms with van der Waals surface area (Å²) in [4.78, 5) is 0. The minimum absolute atomic E-state index is 0.784. The van der Waals surface area contributed by atoms with Crippen molar-refractivity contribution < 1.29 is 0 Å². The molecule has 2 aliphatic carbocycles. The minimum atomic E-state index is 0.784. The predicted octanol–water partition coefficient (Wildman–Crippen LogP) is 4.02. The first kappa shape index (κ1) is 12.2. The van der Waals surface area contributed by atoms with Crippen molar-refractivity contribution >= 4 is 0 Å². The topological polar surface area (TPSA) is 12.0 Å². The van der Waals surface area contributed by atoms with Crippen LogP contribution in [-0.2, 0) is 0 Å². The molecule has 0 heterocycles. The summed E-state index contributed by atoms with van der Waals surface area (Å²) in [5, 5.41) is 3.86. The van der Waals surface area contributed by atoms with Crippen LogP contribution < -0.4 is 5.32 Å². The Kier molecular flexibility index (Phi) is 3.43. The molecule has 0 radical (unpaired) electrons. The van der Waals surface area contributed by atoms with Gasteiger partial charge in [0.05, 0.1) is 0 Å². The summed E-state index contributed by atoms with van der Waals surface area (Å²) in [6, 6.07) is 10.7. The van der Waals surface area contributed by atoms with E-state index in [9.17, 15) is 0 Å². The van der Waals surface area contributed by atoms with Gasteiger partial charge in [-0.2, -0.15) is 0 Å². The number of rotatable bonds is 3. The van der Waals surface area contributed by atoms with Gasteiger partial charge in [-0.05, 0) is 56.4 Å². The largest absolute Gasteiger partial charge is 0.311 e. The van der Waals surface area contributed by atoms with Crippen LogP contribution in [0.5, 0.6) is 0 Å². The van der Waals surface area contributed by atoms with Gasteiger partial charge in [0.2, 0.25) is 0 Å². The van der Waals surface area contributed by atoms with E-state index in [2.05, 4.69) is 43.4 Å². The third-order valence-corrected chi connectivity index (χ3v) is 4.85. The van der Waals surface area contributed by atoms with E-state index in [1.807, 2.05) is 0 Å². The van der Waals surface area contributed by atoms with Gasteiger partial charge in [-0.15, -0.1) is 0 Å². The lowest BCUT2D eigenvalue weighted by Crippen LogP contribution is -2.44. The van der Waals surface area contributed by atoms with E-state index >= 15 is 0 Å². The van der Waals surface area contributed by atoms with Crippen molar-refractivity contribution in [1.29, 1.82) is 0 Å². The second-order valence-electron chi connectivity index (χ2n) is 6.56. The predicted molar refractivity (Wildman–Crippen MR) is 76.9 cm³/mol. The molecule has 18 heavy (non-hydrogen) atoms. The molecule has 1 aromatic carbocycles. The average Bonchev–Trinajstić information content (AvgIpc) is 2.71. The summed E-state index contributed by atoms with van der Waals surface area (Å²) < 4.78 is 0. The fourth-order valence-electron chi connectivity index (χ4n) is 3.56. The molecule has 98 valence electrons. The van der Waals surface area contributed by atoms with E-state index < -0.39 is 0 Å². The van der Waals surface area contributed by atoms with Gasteiger partial charge in [0, 0.05) is 12.1 Å². The molecule has 2 saturated carbocycles. The highest BCUT2D eigenvalue weighted by molar-refractivity contribution is 5.26. The number of benzene rings is 1. The van der Waals surface area contributed by atoms with Gasteiger partial charge in [0.1, 0.15) is 0 Å². The lowest BCUT2D eigenvalue weighted by Gasteiger charge is -2.38. The van der Waals surface area contributed by atoms with Crippen LogP contribution in [0.2, 0.25) is 0 Å². The Morgan fingerprint density at radius 2 is 1.67 bits per heavy atom. The molecule has 2 aliphatic rings. The Bertz CT molecular complexity index is 389. The van der Waals surface area contributed by atoms with Crippen LogP contribution in [0.25, 0.3) is 0 Å². The SMILES string of the molecule is Cc1ccc(C2CC(NC3CCC(C)C3)C2)cc1. The summed E-state index contributed by atoms with van der Waals surface area (Å²) in [7, 11) is 0. The summed E-state index contributed by atoms with van der Waals surface area (Å²) in [5.74, 6) is 1.75. The molecule has 1 nitrogen and oxygen atoms in total. The highest BCUT2D eigenvalue weighted by Crippen LogP contribution is 2.38. The van der Waals surface area contributed by atoms with Gasteiger partial charge in [-0.3, -0.25) is 0 Å². The molecule has 2 unspecified atom stereocenters. The van der Waals surface area contributed by atoms with Crippen molar-refractivity contribution in [2.75, 3.05) is 0 Å². The van der Waals surface area contributed by atoms with Crippen LogP contribution in [0.3, 0.4) is 0 Å². The average molecular weight is 243 g/mol. The Morgan fingerprint density at radius 3 is 2.28 bits per heavy atom. The Morgan fingerprint density at radius 1 is 0.944 bits per heavy atom. The van der Waals surface area contributed by atoms with E-state index in [-0.39, 0.29) is 0 Å². The standard InChI is InChI=1S/C17H25N/c1-12-3-6-14(7-4-12)15-10-17(11-15)18-16-8-5-13(2)9-16/h3-4,6-7,13,15-18H,5,8-11H2,1-2H3. The lowest BCUT2D eigenvalue weighted by atomic mass is 9.75. The fourth-order valence-corrected chi connectivity index (χ4v) is 3.56. The second-order valence-corrected chi connectivity index (χ2v) is 6.56. The highest BCUT2D eigenvalue weighted by atomic mass is 15.0. The zero-order chi connectivity index (χ0) is 12.5. The van der Waals surface area contributed by atoms with Gasteiger partial charge < -0.3 is 5.32 Å². The molecule has 0 aliphatic heterocycles. The van der Waals surface area contributed by atoms with Gasteiger partial charge in [0.25, 0.3) is 0 Å². The van der Waals surface area contributed by atoms with Crippen LogP contribution in [0.4, 0.5) is 0 Å². The zero-order valence-corrected chi connectivity index (χ0v) is 11.7. The normalized spacial score (nSPS) is 35.4. The van der Waals surface area contributed by atoms with Crippen LogP contribution >= 0.6 is 0 Å². The van der Waals surface area contributed by atoms with Crippen molar-refractivity contribution in [2.45, 2.75) is 64.0 Å². The van der Waals surface area contributed by atoms with Gasteiger partial charge in [-0.1, -0.05) is 36.8 Å². The maximum absolute atomic E-state index is 3.86. The number of hydrogen-bond acceptors (Lipinski definition) is 1. The minimum Gasteiger partial charge on any atom is -0.311 e. The molecule has 2 atom stereocenters. The lowest BCUT2D eigenvalue weighted by molar-refractivity contribution is 0.263. The zero-order valence-electron chi connectivity index (χ0n) is 11.7. The third kappa shape index (κ3) is 2.61.